The first-order valence-corrected chi connectivity index (χ1v) is 13.9. The van der Waals surface area contributed by atoms with Gasteiger partial charge in [-0.3, -0.25) is 4.79 Å². The van der Waals surface area contributed by atoms with Gasteiger partial charge in [0.15, 0.2) is 0 Å². The Labute approximate surface area is 220 Å². The molecule has 0 aliphatic carbocycles. The molecule has 1 aliphatic rings. The first-order valence-electron chi connectivity index (χ1n) is 11.3. The first kappa shape index (κ1) is 25.7. The van der Waals surface area contributed by atoms with Crippen molar-refractivity contribution in [1.29, 1.82) is 0 Å². The average molecular weight is 577 g/mol. The van der Waals surface area contributed by atoms with Crippen molar-refractivity contribution >= 4 is 49.1 Å². The van der Waals surface area contributed by atoms with Crippen LogP contribution in [0, 0.1) is 6.92 Å². The zero-order chi connectivity index (χ0) is 25.0. The van der Waals surface area contributed by atoms with Crippen molar-refractivity contribution in [2.75, 3.05) is 37.6 Å². The minimum absolute atomic E-state index is 0.109. The Bertz CT molecular complexity index is 1280. The Hall–Kier alpha value is -2.39. The molecule has 4 rings (SSSR count). The van der Waals surface area contributed by atoms with Gasteiger partial charge in [0.25, 0.3) is 0 Å². The number of anilines is 1. The molecule has 1 aliphatic heterocycles. The molecule has 9 heteroatoms. The summed E-state index contributed by atoms with van der Waals surface area (Å²) in [6, 6.07) is 21.5. The molecule has 1 fully saturated rings. The summed E-state index contributed by atoms with van der Waals surface area (Å²) in [6.07, 6.45) is 0. The van der Waals surface area contributed by atoms with Crippen LogP contribution < -0.4 is 4.90 Å². The quantitative estimate of drug-likeness (QED) is 0.399. The van der Waals surface area contributed by atoms with Crippen molar-refractivity contribution in [3.63, 3.8) is 0 Å². The van der Waals surface area contributed by atoms with E-state index in [-0.39, 0.29) is 23.9 Å². The third-order valence-electron chi connectivity index (χ3n) is 6.11. The van der Waals surface area contributed by atoms with E-state index in [1.807, 2.05) is 49.4 Å². The zero-order valence-electron chi connectivity index (χ0n) is 19.4. The van der Waals surface area contributed by atoms with Gasteiger partial charge in [0.2, 0.25) is 15.9 Å². The summed E-state index contributed by atoms with van der Waals surface area (Å²) < 4.78 is 29.1. The lowest BCUT2D eigenvalue weighted by Gasteiger charge is -2.37. The van der Waals surface area contributed by atoms with Gasteiger partial charge in [-0.15, -0.1) is 0 Å². The Balaban J connectivity index is 1.49. The molecular weight excluding hydrogens is 550 g/mol. The van der Waals surface area contributed by atoms with E-state index < -0.39 is 10.0 Å². The van der Waals surface area contributed by atoms with E-state index in [2.05, 4.69) is 20.8 Å². The molecular formula is C26H27BrClN3O3S. The Kier molecular flexibility index (Phi) is 8.16. The van der Waals surface area contributed by atoms with Gasteiger partial charge in [0, 0.05) is 47.9 Å². The number of hydrogen-bond donors (Lipinski definition) is 0. The molecule has 3 aromatic rings. The summed E-state index contributed by atoms with van der Waals surface area (Å²) in [7, 11) is -3.86. The van der Waals surface area contributed by atoms with Crippen molar-refractivity contribution in [2.45, 2.75) is 18.4 Å². The number of amides is 1. The molecule has 3 aromatic carbocycles. The van der Waals surface area contributed by atoms with Crippen LogP contribution in [0.2, 0.25) is 5.02 Å². The lowest BCUT2D eigenvalue weighted by Crippen LogP contribution is -2.51. The van der Waals surface area contributed by atoms with Crippen LogP contribution in [0.15, 0.2) is 82.2 Å². The first-order chi connectivity index (χ1) is 16.7. The molecule has 184 valence electrons. The van der Waals surface area contributed by atoms with Crippen LogP contribution in [0.5, 0.6) is 0 Å². The topological polar surface area (TPSA) is 60.9 Å². The van der Waals surface area contributed by atoms with Crippen LogP contribution in [0.4, 0.5) is 5.69 Å². The maximum absolute atomic E-state index is 13.5. The molecule has 35 heavy (non-hydrogen) atoms. The van der Waals surface area contributed by atoms with Crippen LogP contribution in [0.25, 0.3) is 0 Å². The Morgan fingerprint density at radius 3 is 2.29 bits per heavy atom. The van der Waals surface area contributed by atoms with Crippen molar-refractivity contribution in [1.82, 2.24) is 9.21 Å². The molecule has 0 atom stereocenters. The molecule has 0 bridgehead atoms. The van der Waals surface area contributed by atoms with Crippen LogP contribution in [-0.2, 0) is 21.4 Å². The van der Waals surface area contributed by atoms with Gasteiger partial charge in [-0.05, 0) is 54.4 Å². The van der Waals surface area contributed by atoms with E-state index in [4.69, 9.17) is 11.6 Å². The fourth-order valence-electron chi connectivity index (χ4n) is 4.13. The third-order valence-corrected chi connectivity index (χ3v) is 8.68. The van der Waals surface area contributed by atoms with E-state index in [9.17, 15) is 13.2 Å². The van der Waals surface area contributed by atoms with Crippen molar-refractivity contribution in [3.05, 3.63) is 93.4 Å². The SMILES string of the molecule is Cc1ccc(Cl)cc1N1CCN(C(=O)CN(Cc2ccc(Br)cc2)S(=O)(=O)c2ccccc2)CC1. The molecule has 0 N–H and O–H groups in total. The molecule has 0 aromatic heterocycles. The lowest BCUT2D eigenvalue weighted by atomic mass is 10.1. The van der Waals surface area contributed by atoms with Gasteiger partial charge >= 0.3 is 0 Å². The maximum Gasteiger partial charge on any atom is 0.243 e. The fraction of sp³-hybridized carbons (Fsp3) is 0.269. The van der Waals surface area contributed by atoms with E-state index in [0.717, 1.165) is 21.3 Å². The van der Waals surface area contributed by atoms with Gasteiger partial charge < -0.3 is 9.80 Å². The van der Waals surface area contributed by atoms with E-state index in [0.29, 0.717) is 31.2 Å². The second-order valence-corrected chi connectivity index (χ2v) is 11.8. The summed E-state index contributed by atoms with van der Waals surface area (Å²) in [5.74, 6) is -0.205. The van der Waals surface area contributed by atoms with Gasteiger partial charge in [-0.2, -0.15) is 4.31 Å². The molecule has 0 saturated carbocycles. The number of benzene rings is 3. The maximum atomic E-state index is 13.5. The minimum atomic E-state index is -3.86. The normalized spacial score (nSPS) is 14.4. The number of carbonyl (C=O) groups is 1. The van der Waals surface area contributed by atoms with Crippen LogP contribution in [0.1, 0.15) is 11.1 Å². The summed E-state index contributed by atoms with van der Waals surface area (Å²) in [6.45, 7) is 4.28. The number of aryl methyl sites for hydroxylation is 1. The molecule has 1 heterocycles. The zero-order valence-corrected chi connectivity index (χ0v) is 22.6. The highest BCUT2D eigenvalue weighted by Gasteiger charge is 2.30. The van der Waals surface area contributed by atoms with Crippen molar-refractivity contribution in [3.8, 4) is 0 Å². The number of nitrogens with zero attached hydrogens (tertiary/aromatic N) is 3. The minimum Gasteiger partial charge on any atom is -0.368 e. The van der Waals surface area contributed by atoms with Crippen LogP contribution >= 0.6 is 27.5 Å². The predicted molar refractivity (Wildman–Crippen MR) is 143 cm³/mol. The highest BCUT2D eigenvalue weighted by molar-refractivity contribution is 9.10. The van der Waals surface area contributed by atoms with Crippen molar-refractivity contribution < 1.29 is 13.2 Å². The van der Waals surface area contributed by atoms with Gasteiger partial charge in [0.05, 0.1) is 11.4 Å². The largest absolute Gasteiger partial charge is 0.368 e. The van der Waals surface area contributed by atoms with Crippen LogP contribution in [0.3, 0.4) is 0 Å². The summed E-state index contributed by atoms with van der Waals surface area (Å²) in [4.78, 5) is 17.4. The monoisotopic (exact) mass is 575 g/mol. The molecule has 6 nitrogen and oxygen atoms in total. The van der Waals surface area contributed by atoms with Gasteiger partial charge in [-0.25, -0.2) is 8.42 Å². The highest BCUT2D eigenvalue weighted by atomic mass is 79.9. The lowest BCUT2D eigenvalue weighted by molar-refractivity contribution is -0.131. The van der Waals surface area contributed by atoms with E-state index in [1.54, 1.807) is 35.2 Å². The summed E-state index contributed by atoms with van der Waals surface area (Å²) in [5, 5.41) is 0.679. The fourth-order valence-corrected chi connectivity index (χ4v) is 5.96. The number of hydrogen-bond acceptors (Lipinski definition) is 4. The molecule has 0 spiro atoms. The van der Waals surface area contributed by atoms with Gasteiger partial charge in [0.1, 0.15) is 0 Å². The number of sulfonamides is 1. The third kappa shape index (κ3) is 6.25. The van der Waals surface area contributed by atoms with Crippen LogP contribution in [-0.4, -0.2) is 56.3 Å². The van der Waals surface area contributed by atoms with E-state index >= 15 is 0 Å². The van der Waals surface area contributed by atoms with Gasteiger partial charge in [-0.1, -0.05) is 63.9 Å². The number of carbonyl (C=O) groups excluding carboxylic acids is 1. The molecule has 0 radical (unpaired) electrons. The van der Waals surface area contributed by atoms with Crippen molar-refractivity contribution in [2.24, 2.45) is 0 Å². The second-order valence-electron chi connectivity index (χ2n) is 8.51. The molecule has 1 saturated heterocycles. The number of piperazine rings is 1. The standard InChI is InChI=1S/C26H27BrClN3O3S/c1-20-7-12-23(28)17-25(20)29-13-15-30(16-14-29)26(32)19-31(18-21-8-10-22(27)11-9-21)35(33,34)24-5-3-2-4-6-24/h2-12,17H,13-16,18-19H2,1H3. The predicted octanol–water partition coefficient (Wildman–Crippen LogP) is 4.95. The second kappa shape index (κ2) is 11.1. The van der Waals surface area contributed by atoms with E-state index in [1.165, 1.54) is 4.31 Å². The average Bonchev–Trinajstić information content (AvgIpc) is 2.87. The summed E-state index contributed by atoms with van der Waals surface area (Å²) >= 11 is 9.59. The Morgan fingerprint density at radius 2 is 1.63 bits per heavy atom. The molecule has 1 amide bonds. The number of rotatable bonds is 7. The number of halogens is 2. The smallest absolute Gasteiger partial charge is 0.243 e. The molecule has 0 unspecified atom stereocenters. The Morgan fingerprint density at radius 1 is 0.971 bits per heavy atom. The highest BCUT2D eigenvalue weighted by Crippen LogP contribution is 2.26. The summed E-state index contributed by atoms with van der Waals surface area (Å²) in [5.41, 5.74) is 3.00.